The fourth-order valence-electron chi connectivity index (χ4n) is 2.21. The zero-order valence-electron chi connectivity index (χ0n) is 11.2. The highest BCUT2D eigenvalue weighted by molar-refractivity contribution is 6.21. The van der Waals surface area contributed by atoms with Crippen LogP contribution >= 0.6 is 0 Å². The Kier molecular flexibility index (Phi) is 3.56. The summed E-state index contributed by atoms with van der Waals surface area (Å²) in [4.78, 5) is 42.7. The molecule has 106 valence electrons. The van der Waals surface area contributed by atoms with Gasteiger partial charge in [-0.25, -0.2) is 10.7 Å². The predicted octanol–water partition coefficient (Wildman–Crippen LogP) is -0.0914. The van der Waals surface area contributed by atoms with Crippen LogP contribution in [0.2, 0.25) is 0 Å². The van der Waals surface area contributed by atoms with E-state index >= 15 is 0 Å². The van der Waals surface area contributed by atoms with Gasteiger partial charge in [-0.2, -0.15) is 0 Å². The lowest BCUT2D eigenvalue weighted by Crippen LogP contribution is -2.69. The quantitative estimate of drug-likeness (QED) is 0.615. The molecule has 1 fully saturated rings. The number of benzene rings is 1. The zero-order chi connectivity index (χ0) is 14.9. The van der Waals surface area contributed by atoms with Crippen LogP contribution in [0.15, 0.2) is 30.3 Å². The van der Waals surface area contributed by atoms with E-state index in [-0.39, 0.29) is 6.42 Å². The predicted molar refractivity (Wildman–Crippen MR) is 69.1 cm³/mol. The van der Waals surface area contributed by atoms with Gasteiger partial charge in [-0.15, -0.1) is 0 Å². The number of imide groups is 2. The molecule has 7 heteroatoms. The molecule has 20 heavy (non-hydrogen) atoms. The third-order valence-electron chi connectivity index (χ3n) is 3.37. The second-order valence-corrected chi connectivity index (χ2v) is 4.62. The van der Waals surface area contributed by atoms with Gasteiger partial charge in [-0.1, -0.05) is 30.3 Å². The summed E-state index contributed by atoms with van der Waals surface area (Å²) in [6.07, 6.45) is -0.0377. The van der Waals surface area contributed by atoms with Gasteiger partial charge in [-0.05, 0) is 5.56 Å². The summed E-state index contributed by atoms with van der Waals surface area (Å²) in [6.45, 7) is 0. The lowest BCUT2D eigenvalue weighted by atomic mass is 9.90. The second kappa shape index (κ2) is 5.03. The maximum atomic E-state index is 12.3. The number of barbiturate groups is 1. The molecule has 0 aromatic heterocycles. The Labute approximate surface area is 115 Å². The normalized spacial score (nSPS) is 18.6. The highest BCUT2D eigenvalue weighted by atomic mass is 16.6. The molecule has 0 atom stereocenters. The summed E-state index contributed by atoms with van der Waals surface area (Å²) >= 11 is 0. The molecule has 0 aliphatic carbocycles. The highest BCUT2D eigenvalue weighted by Crippen LogP contribution is 2.26. The molecule has 4 amide bonds. The Morgan fingerprint density at radius 1 is 1.05 bits per heavy atom. The van der Waals surface area contributed by atoms with E-state index in [0.717, 1.165) is 9.80 Å². The van der Waals surface area contributed by atoms with Crippen molar-refractivity contribution in [3.8, 4) is 0 Å². The monoisotopic (exact) mass is 277 g/mol. The summed E-state index contributed by atoms with van der Waals surface area (Å²) < 4.78 is 0. The average Bonchev–Trinajstić information content (AvgIpc) is 2.49. The van der Waals surface area contributed by atoms with Gasteiger partial charge in [0, 0.05) is 20.5 Å². The van der Waals surface area contributed by atoms with Crippen molar-refractivity contribution in [1.82, 2.24) is 9.80 Å². The smallest absolute Gasteiger partial charge is 0.277 e. The largest absolute Gasteiger partial charge is 0.333 e. The van der Waals surface area contributed by atoms with Gasteiger partial charge >= 0.3 is 6.03 Å². The SMILES string of the molecule is CN1C(=O)N(C)C(=O)C(Cc2ccccc2)(ON)C1=O. The number of carbonyl (C=O) groups excluding carboxylic acids is 3. The van der Waals surface area contributed by atoms with E-state index < -0.39 is 23.4 Å². The number of carbonyl (C=O) groups is 3. The third kappa shape index (κ3) is 1.97. The lowest BCUT2D eigenvalue weighted by molar-refractivity contribution is -0.176. The molecule has 1 saturated heterocycles. The van der Waals surface area contributed by atoms with Crippen LogP contribution in [0.5, 0.6) is 0 Å². The molecule has 0 bridgehead atoms. The molecule has 1 aromatic rings. The van der Waals surface area contributed by atoms with Crippen molar-refractivity contribution in [2.45, 2.75) is 12.0 Å². The number of urea groups is 1. The maximum absolute atomic E-state index is 12.3. The van der Waals surface area contributed by atoms with E-state index in [1.54, 1.807) is 24.3 Å². The molecule has 0 saturated carbocycles. The average molecular weight is 277 g/mol. The van der Waals surface area contributed by atoms with Crippen LogP contribution in [-0.4, -0.2) is 47.3 Å². The molecule has 0 radical (unpaired) electrons. The Morgan fingerprint density at radius 3 is 2.00 bits per heavy atom. The standard InChI is InChI=1S/C13H15N3O4/c1-15-10(17)13(20-14,11(18)16(2)12(15)19)8-9-6-4-3-5-7-9/h3-7H,8,14H2,1-2H3. The molecular formula is C13H15N3O4. The van der Waals surface area contributed by atoms with Crippen molar-refractivity contribution in [1.29, 1.82) is 0 Å². The van der Waals surface area contributed by atoms with E-state index in [4.69, 9.17) is 10.7 Å². The molecule has 0 unspecified atom stereocenters. The van der Waals surface area contributed by atoms with Gasteiger partial charge in [0.1, 0.15) is 0 Å². The van der Waals surface area contributed by atoms with Gasteiger partial charge in [-0.3, -0.25) is 24.2 Å². The number of rotatable bonds is 3. The molecule has 1 aliphatic rings. The minimum absolute atomic E-state index is 0.0377. The first-order chi connectivity index (χ1) is 9.44. The minimum Gasteiger partial charge on any atom is -0.277 e. The summed E-state index contributed by atoms with van der Waals surface area (Å²) in [5, 5.41) is 0. The summed E-state index contributed by atoms with van der Waals surface area (Å²) in [7, 11) is 2.57. The van der Waals surface area contributed by atoms with Crippen molar-refractivity contribution in [3.63, 3.8) is 0 Å². The van der Waals surface area contributed by atoms with Crippen molar-refractivity contribution >= 4 is 17.8 Å². The molecule has 1 aromatic carbocycles. The van der Waals surface area contributed by atoms with Gasteiger partial charge in [0.15, 0.2) is 0 Å². The molecule has 2 N–H and O–H groups in total. The lowest BCUT2D eigenvalue weighted by Gasteiger charge is -2.39. The Hall–Kier alpha value is -2.25. The van der Waals surface area contributed by atoms with Crippen LogP contribution < -0.4 is 5.90 Å². The first-order valence-electron chi connectivity index (χ1n) is 5.96. The summed E-state index contributed by atoms with van der Waals surface area (Å²) in [5.41, 5.74) is -1.20. The first kappa shape index (κ1) is 14.2. The van der Waals surface area contributed by atoms with E-state index in [9.17, 15) is 14.4 Å². The number of likely N-dealkylation sites (N-methyl/N-ethyl adjacent to an activating group) is 2. The molecule has 1 aliphatic heterocycles. The van der Waals surface area contributed by atoms with Crippen molar-refractivity contribution in [2.24, 2.45) is 5.90 Å². The minimum atomic E-state index is -1.90. The van der Waals surface area contributed by atoms with Gasteiger partial charge < -0.3 is 0 Å². The van der Waals surface area contributed by atoms with Crippen LogP contribution in [0, 0.1) is 0 Å². The fourth-order valence-corrected chi connectivity index (χ4v) is 2.21. The van der Waals surface area contributed by atoms with Crippen LogP contribution in [0.25, 0.3) is 0 Å². The van der Waals surface area contributed by atoms with Crippen LogP contribution in [-0.2, 0) is 20.8 Å². The van der Waals surface area contributed by atoms with Crippen molar-refractivity contribution < 1.29 is 19.2 Å². The first-order valence-corrected chi connectivity index (χ1v) is 5.96. The summed E-state index contributed by atoms with van der Waals surface area (Å²) in [5.74, 6) is 3.70. The van der Waals surface area contributed by atoms with Crippen LogP contribution in [0.3, 0.4) is 0 Å². The molecule has 7 nitrogen and oxygen atoms in total. The van der Waals surface area contributed by atoms with Gasteiger partial charge in [0.25, 0.3) is 11.8 Å². The van der Waals surface area contributed by atoms with Gasteiger partial charge in [0.05, 0.1) is 0 Å². The molecular weight excluding hydrogens is 262 g/mol. The van der Waals surface area contributed by atoms with E-state index in [1.807, 2.05) is 6.07 Å². The van der Waals surface area contributed by atoms with Crippen molar-refractivity contribution in [3.05, 3.63) is 35.9 Å². The Bertz CT molecular complexity index is 534. The van der Waals surface area contributed by atoms with Gasteiger partial charge in [0.2, 0.25) is 5.60 Å². The second-order valence-electron chi connectivity index (χ2n) is 4.62. The zero-order valence-corrected chi connectivity index (χ0v) is 11.2. The van der Waals surface area contributed by atoms with E-state index in [2.05, 4.69) is 0 Å². The Morgan fingerprint density at radius 2 is 1.55 bits per heavy atom. The van der Waals surface area contributed by atoms with Crippen molar-refractivity contribution in [2.75, 3.05) is 14.1 Å². The Balaban J connectivity index is 2.44. The topological polar surface area (TPSA) is 92.9 Å². The third-order valence-corrected chi connectivity index (χ3v) is 3.37. The number of amides is 4. The number of hydrogen-bond acceptors (Lipinski definition) is 5. The number of nitrogens with two attached hydrogens (primary N) is 1. The maximum Gasteiger partial charge on any atom is 0.333 e. The van der Waals surface area contributed by atoms with E-state index in [0.29, 0.717) is 5.56 Å². The molecule has 2 rings (SSSR count). The number of nitrogens with zero attached hydrogens (tertiary/aromatic N) is 2. The fraction of sp³-hybridized carbons (Fsp3) is 0.308. The summed E-state index contributed by atoms with van der Waals surface area (Å²) in [6, 6.07) is 8.15. The van der Waals surface area contributed by atoms with Crippen LogP contribution in [0.4, 0.5) is 4.79 Å². The molecule has 0 spiro atoms. The number of hydrogen-bond donors (Lipinski definition) is 1. The molecule has 1 heterocycles. The van der Waals surface area contributed by atoms with E-state index in [1.165, 1.54) is 14.1 Å². The van der Waals surface area contributed by atoms with Crippen LogP contribution in [0.1, 0.15) is 5.56 Å². The highest BCUT2D eigenvalue weighted by Gasteiger charge is 2.57.